The van der Waals surface area contributed by atoms with Crippen LogP contribution in [0, 0.1) is 0 Å². The number of rotatable bonds is 5. The number of nitrogens with zero attached hydrogens (tertiary/aromatic N) is 3. The molecule has 0 aliphatic carbocycles. The number of hydrogen-bond acceptors (Lipinski definition) is 4. The van der Waals surface area contributed by atoms with Crippen molar-refractivity contribution in [1.82, 2.24) is 4.90 Å². The maximum atomic E-state index is 12.1. The minimum atomic E-state index is -0.357. The highest BCUT2D eigenvalue weighted by Crippen LogP contribution is 2.21. The Kier molecular flexibility index (Phi) is 4.14. The van der Waals surface area contributed by atoms with Crippen LogP contribution in [0.4, 0.5) is 0 Å². The molecule has 0 saturated heterocycles. The predicted octanol–water partition coefficient (Wildman–Crippen LogP) is 1.60. The third-order valence-electron chi connectivity index (χ3n) is 3.62. The first-order valence-corrected chi connectivity index (χ1v) is 7.30. The number of hydrogen-bond donors (Lipinski definition) is 0. The number of aryl methyl sites for hydroxylation is 1. The smallest absolute Gasteiger partial charge is 0.264 e. The predicted molar refractivity (Wildman–Crippen MR) is 82.8 cm³/mol. The van der Waals surface area contributed by atoms with Crippen LogP contribution in [0.1, 0.15) is 33.2 Å². The van der Waals surface area contributed by atoms with Crippen molar-refractivity contribution in [3.05, 3.63) is 65.5 Å². The van der Waals surface area contributed by atoms with Crippen LogP contribution in [0.25, 0.3) is 0 Å². The van der Waals surface area contributed by atoms with Gasteiger partial charge < -0.3 is 4.84 Å². The minimum absolute atomic E-state index is 0.204. The fraction of sp³-hybridized carbons (Fsp3) is 0.176. The first kappa shape index (κ1) is 14.9. The van der Waals surface area contributed by atoms with Gasteiger partial charge in [0.25, 0.3) is 11.8 Å². The summed E-state index contributed by atoms with van der Waals surface area (Å²) < 4.78 is 2.02. The van der Waals surface area contributed by atoms with Gasteiger partial charge in [0.05, 0.1) is 17.3 Å². The van der Waals surface area contributed by atoms with E-state index in [-0.39, 0.29) is 18.5 Å². The Hall–Kier alpha value is -3.02. The molecule has 6 heteroatoms. The number of carbonyl (C=O) groups excluding carboxylic acids is 2. The number of benzene rings is 1. The molecule has 1 aliphatic rings. The number of amides is 2. The van der Waals surface area contributed by atoms with Gasteiger partial charge in [-0.15, -0.1) is 0 Å². The summed E-state index contributed by atoms with van der Waals surface area (Å²) in [6.07, 6.45) is 5.41. The molecule has 0 fully saturated rings. The van der Waals surface area contributed by atoms with E-state index < -0.39 is 0 Å². The van der Waals surface area contributed by atoms with E-state index in [0.717, 1.165) is 17.0 Å². The standard InChI is InChI=1S/C17H16N3O3/c1-2-19-9-7-13(8-10-19)11-18-23-12-20-16(21)14-5-3-4-6-15(14)17(20)22/h3-11H,2,12H2,1H3/q+1/b18-11+. The summed E-state index contributed by atoms with van der Waals surface area (Å²) in [6.45, 7) is 2.75. The molecule has 0 spiro atoms. The van der Waals surface area contributed by atoms with E-state index in [1.165, 1.54) is 6.21 Å². The summed E-state index contributed by atoms with van der Waals surface area (Å²) in [5, 5.41) is 3.81. The average Bonchev–Trinajstić information content (AvgIpc) is 2.84. The molecule has 2 heterocycles. The van der Waals surface area contributed by atoms with Crippen LogP contribution in [0.5, 0.6) is 0 Å². The van der Waals surface area contributed by atoms with Crippen molar-refractivity contribution in [2.45, 2.75) is 13.5 Å². The van der Waals surface area contributed by atoms with Gasteiger partial charge in [0.2, 0.25) is 0 Å². The van der Waals surface area contributed by atoms with Crippen LogP contribution < -0.4 is 4.57 Å². The van der Waals surface area contributed by atoms with Crippen molar-refractivity contribution in [3.63, 3.8) is 0 Å². The molecule has 0 bridgehead atoms. The topological polar surface area (TPSA) is 62.9 Å². The van der Waals surface area contributed by atoms with Gasteiger partial charge in [0, 0.05) is 17.7 Å². The number of imide groups is 1. The zero-order chi connectivity index (χ0) is 16.2. The first-order chi connectivity index (χ1) is 11.2. The monoisotopic (exact) mass is 310 g/mol. The van der Waals surface area contributed by atoms with Crippen molar-refractivity contribution in [3.8, 4) is 0 Å². The fourth-order valence-electron chi connectivity index (χ4n) is 2.31. The van der Waals surface area contributed by atoms with E-state index in [9.17, 15) is 9.59 Å². The second kappa shape index (κ2) is 6.39. The van der Waals surface area contributed by atoms with E-state index in [0.29, 0.717) is 11.1 Å². The molecule has 0 unspecified atom stereocenters. The van der Waals surface area contributed by atoms with Crippen molar-refractivity contribution < 1.29 is 19.0 Å². The summed E-state index contributed by atoms with van der Waals surface area (Å²) in [5.41, 5.74) is 1.67. The second-order valence-corrected chi connectivity index (χ2v) is 5.04. The molecule has 2 amide bonds. The zero-order valence-electron chi connectivity index (χ0n) is 12.7. The van der Waals surface area contributed by atoms with Crippen LogP contribution in [-0.4, -0.2) is 29.7 Å². The molecule has 2 aromatic rings. The summed E-state index contributed by atoms with van der Waals surface area (Å²) in [4.78, 5) is 30.4. The summed E-state index contributed by atoms with van der Waals surface area (Å²) in [6, 6.07) is 10.5. The normalized spacial score (nSPS) is 13.7. The van der Waals surface area contributed by atoms with Crippen molar-refractivity contribution in [1.29, 1.82) is 0 Å². The highest BCUT2D eigenvalue weighted by atomic mass is 16.6. The Morgan fingerprint density at radius 3 is 2.26 bits per heavy atom. The third-order valence-corrected chi connectivity index (χ3v) is 3.62. The number of oxime groups is 1. The lowest BCUT2D eigenvalue weighted by Crippen LogP contribution is -2.31. The van der Waals surface area contributed by atoms with E-state index in [4.69, 9.17) is 4.84 Å². The molecule has 0 radical (unpaired) electrons. The number of aromatic nitrogens is 1. The molecule has 6 nitrogen and oxygen atoms in total. The summed E-state index contributed by atoms with van der Waals surface area (Å²) in [7, 11) is 0. The molecule has 3 rings (SSSR count). The highest BCUT2D eigenvalue weighted by molar-refractivity contribution is 6.21. The lowest BCUT2D eigenvalue weighted by atomic mass is 10.1. The average molecular weight is 310 g/mol. The molecule has 23 heavy (non-hydrogen) atoms. The quantitative estimate of drug-likeness (QED) is 0.365. The van der Waals surface area contributed by atoms with E-state index in [2.05, 4.69) is 12.1 Å². The molecule has 1 aliphatic heterocycles. The Morgan fingerprint density at radius 1 is 1.09 bits per heavy atom. The lowest BCUT2D eigenvalue weighted by molar-refractivity contribution is -0.693. The summed E-state index contributed by atoms with van der Waals surface area (Å²) in [5.74, 6) is -0.714. The van der Waals surface area contributed by atoms with Gasteiger partial charge in [-0.2, -0.15) is 0 Å². The highest BCUT2D eigenvalue weighted by Gasteiger charge is 2.35. The molecule has 0 atom stereocenters. The van der Waals surface area contributed by atoms with E-state index in [1.54, 1.807) is 24.3 Å². The number of carbonyl (C=O) groups is 2. The van der Waals surface area contributed by atoms with Crippen molar-refractivity contribution in [2.75, 3.05) is 6.73 Å². The second-order valence-electron chi connectivity index (χ2n) is 5.04. The SMILES string of the molecule is CC[n+]1ccc(/C=N/OCN2C(=O)c3ccccc3C2=O)cc1. The molecule has 116 valence electrons. The Morgan fingerprint density at radius 2 is 1.70 bits per heavy atom. The first-order valence-electron chi connectivity index (χ1n) is 7.30. The molecule has 0 N–H and O–H groups in total. The molecule has 0 saturated carbocycles. The van der Waals surface area contributed by atoms with Crippen LogP contribution in [-0.2, 0) is 11.4 Å². The zero-order valence-corrected chi connectivity index (χ0v) is 12.7. The van der Waals surface area contributed by atoms with Gasteiger partial charge >= 0.3 is 0 Å². The molecule has 1 aromatic carbocycles. The van der Waals surface area contributed by atoms with Crippen LogP contribution in [0.15, 0.2) is 53.9 Å². The van der Waals surface area contributed by atoms with Crippen LogP contribution >= 0.6 is 0 Å². The van der Waals surface area contributed by atoms with Gasteiger partial charge in [-0.3, -0.25) is 9.59 Å². The van der Waals surface area contributed by atoms with Crippen LogP contribution in [0.2, 0.25) is 0 Å². The Balaban J connectivity index is 1.60. The fourth-order valence-corrected chi connectivity index (χ4v) is 2.31. The Bertz CT molecular complexity index is 734. The molecular formula is C17H16N3O3+. The third kappa shape index (κ3) is 2.96. The van der Waals surface area contributed by atoms with E-state index in [1.807, 2.05) is 29.1 Å². The summed E-state index contributed by atoms with van der Waals surface area (Å²) >= 11 is 0. The van der Waals surface area contributed by atoms with Gasteiger partial charge in [0.15, 0.2) is 19.1 Å². The number of pyridine rings is 1. The maximum absolute atomic E-state index is 12.1. The number of fused-ring (bicyclic) bond motifs is 1. The van der Waals surface area contributed by atoms with Gasteiger partial charge in [-0.25, -0.2) is 9.47 Å². The molecular weight excluding hydrogens is 294 g/mol. The maximum Gasteiger partial charge on any atom is 0.264 e. The minimum Gasteiger partial charge on any atom is -0.373 e. The van der Waals surface area contributed by atoms with E-state index >= 15 is 0 Å². The van der Waals surface area contributed by atoms with Gasteiger partial charge in [-0.1, -0.05) is 17.3 Å². The van der Waals surface area contributed by atoms with Gasteiger partial charge in [0.1, 0.15) is 6.54 Å². The lowest BCUT2D eigenvalue weighted by Gasteiger charge is -2.11. The van der Waals surface area contributed by atoms with Gasteiger partial charge in [-0.05, 0) is 19.1 Å². The van der Waals surface area contributed by atoms with Crippen LogP contribution in [0.3, 0.4) is 0 Å². The van der Waals surface area contributed by atoms with Crippen molar-refractivity contribution in [2.24, 2.45) is 5.16 Å². The molecule has 1 aromatic heterocycles. The Labute approximate surface area is 133 Å². The van der Waals surface area contributed by atoms with Crippen molar-refractivity contribution >= 4 is 18.0 Å². The largest absolute Gasteiger partial charge is 0.373 e.